The van der Waals surface area contributed by atoms with E-state index >= 15 is 0 Å². The second-order valence-corrected chi connectivity index (χ2v) is 7.41. The van der Waals surface area contributed by atoms with Gasteiger partial charge in [-0.25, -0.2) is 0 Å². The molecule has 0 aromatic heterocycles. The molecule has 1 heteroatoms. The number of aryl methyl sites for hydroxylation is 1. The highest BCUT2D eigenvalue weighted by atomic mass is 31.0. The summed E-state index contributed by atoms with van der Waals surface area (Å²) in [6.45, 7) is 8.21. The fourth-order valence-corrected chi connectivity index (χ4v) is 3.13. The van der Waals surface area contributed by atoms with Gasteiger partial charge in [-0.15, -0.1) is 9.24 Å². The van der Waals surface area contributed by atoms with Crippen LogP contribution < -0.4 is 5.30 Å². The quantitative estimate of drug-likeness (QED) is 0.342. The summed E-state index contributed by atoms with van der Waals surface area (Å²) in [6, 6.07) is 25.8. The van der Waals surface area contributed by atoms with Crippen molar-refractivity contribution < 1.29 is 0 Å². The molecule has 0 saturated heterocycles. The van der Waals surface area contributed by atoms with Crippen LogP contribution in [-0.2, 0) is 0 Å². The third-order valence-corrected chi connectivity index (χ3v) is 5.09. The lowest BCUT2D eigenvalue weighted by Gasteiger charge is -2.06. The van der Waals surface area contributed by atoms with E-state index in [1.54, 1.807) is 0 Å². The second-order valence-electron chi connectivity index (χ2n) is 6.74. The Morgan fingerprint density at radius 2 is 1.26 bits per heavy atom. The van der Waals surface area contributed by atoms with E-state index in [0.717, 1.165) is 5.57 Å². The predicted molar refractivity (Wildman–Crippen MR) is 124 cm³/mol. The van der Waals surface area contributed by atoms with E-state index < -0.39 is 0 Å². The van der Waals surface area contributed by atoms with Gasteiger partial charge in [-0.1, -0.05) is 103 Å². The van der Waals surface area contributed by atoms with Gasteiger partial charge in [0.1, 0.15) is 0 Å². The predicted octanol–water partition coefficient (Wildman–Crippen LogP) is 6.84. The maximum Gasteiger partial charge on any atom is -0.0184 e. The Balaban J connectivity index is 1.81. The average molecular weight is 368 g/mol. The van der Waals surface area contributed by atoms with E-state index in [-0.39, 0.29) is 0 Å². The molecule has 0 N–H and O–H groups in total. The zero-order valence-corrected chi connectivity index (χ0v) is 17.1. The fourth-order valence-electron chi connectivity index (χ4n) is 2.94. The van der Waals surface area contributed by atoms with E-state index in [1.807, 2.05) is 6.08 Å². The number of benzene rings is 3. The molecule has 1 unspecified atom stereocenters. The molecular weight excluding hydrogens is 343 g/mol. The van der Waals surface area contributed by atoms with Crippen molar-refractivity contribution in [3.63, 3.8) is 0 Å². The largest absolute Gasteiger partial charge is 0.106 e. The molecule has 0 spiro atoms. The second kappa shape index (κ2) is 8.80. The highest BCUT2D eigenvalue weighted by Crippen LogP contribution is 2.23. The van der Waals surface area contributed by atoms with Crippen molar-refractivity contribution in [1.82, 2.24) is 0 Å². The van der Waals surface area contributed by atoms with Crippen molar-refractivity contribution in [3.05, 3.63) is 114 Å². The third-order valence-electron chi connectivity index (χ3n) is 4.70. The Hall–Kier alpha value is -2.69. The molecule has 0 aliphatic rings. The normalized spacial score (nSPS) is 12.1. The Morgan fingerprint density at radius 3 is 1.81 bits per heavy atom. The van der Waals surface area contributed by atoms with E-state index in [2.05, 4.69) is 115 Å². The number of hydrogen-bond donors (Lipinski definition) is 0. The molecule has 0 nitrogen and oxygen atoms in total. The Kier molecular flexibility index (Phi) is 6.22. The number of rotatable bonds is 5. The van der Waals surface area contributed by atoms with Crippen LogP contribution >= 0.6 is 9.24 Å². The first-order chi connectivity index (χ1) is 13.1. The summed E-state index contributed by atoms with van der Waals surface area (Å²) in [4.78, 5) is 0. The van der Waals surface area contributed by atoms with Gasteiger partial charge in [0.15, 0.2) is 0 Å². The van der Waals surface area contributed by atoms with Gasteiger partial charge in [0, 0.05) is 0 Å². The van der Waals surface area contributed by atoms with E-state index in [0.29, 0.717) is 0 Å². The maximum atomic E-state index is 3.96. The molecule has 0 aliphatic heterocycles. The summed E-state index contributed by atoms with van der Waals surface area (Å²) in [5.74, 6) is 0. The first kappa shape index (κ1) is 19.1. The van der Waals surface area contributed by atoms with Crippen molar-refractivity contribution in [3.8, 4) is 11.1 Å². The first-order valence-electron chi connectivity index (χ1n) is 9.11. The summed E-state index contributed by atoms with van der Waals surface area (Å²) < 4.78 is 0. The summed E-state index contributed by atoms with van der Waals surface area (Å²) in [5.41, 5.74) is 8.51. The fraction of sp³-hybridized carbons (Fsp3) is 0.0769. The van der Waals surface area contributed by atoms with E-state index in [4.69, 9.17) is 0 Å². The third kappa shape index (κ3) is 4.94. The van der Waals surface area contributed by atoms with E-state index in [9.17, 15) is 0 Å². The van der Waals surface area contributed by atoms with E-state index in [1.165, 1.54) is 38.7 Å². The summed E-state index contributed by atoms with van der Waals surface area (Å²) in [5, 5.41) is 1.20. The van der Waals surface area contributed by atoms with Gasteiger partial charge in [-0.3, -0.25) is 0 Å². The molecule has 0 saturated carbocycles. The standard InChI is InChI=1S/C26H25P/c1-4-21(23-8-5-19(2)6-9-23)10-7-20(3)22-11-13-24(14-12-22)25-15-17-26(27)18-16-25/h4-18H,1,27H2,2-3H3/b20-7+,21-10+. The lowest BCUT2D eigenvalue weighted by atomic mass is 9.99. The van der Waals surface area contributed by atoms with Gasteiger partial charge in [-0.05, 0) is 52.6 Å². The number of hydrogen-bond acceptors (Lipinski definition) is 0. The molecule has 27 heavy (non-hydrogen) atoms. The molecule has 3 aromatic rings. The van der Waals surface area contributed by atoms with Crippen LogP contribution in [0, 0.1) is 6.92 Å². The Morgan fingerprint density at radius 1 is 0.741 bits per heavy atom. The molecule has 1 atom stereocenters. The molecule has 0 heterocycles. The van der Waals surface area contributed by atoms with Crippen LogP contribution in [0.5, 0.6) is 0 Å². The van der Waals surface area contributed by atoms with Crippen molar-refractivity contribution in [2.24, 2.45) is 0 Å². The molecule has 0 radical (unpaired) electrons. The molecule has 0 fully saturated rings. The minimum absolute atomic E-state index is 1.13. The zero-order valence-electron chi connectivity index (χ0n) is 15.9. The summed E-state index contributed by atoms with van der Waals surface area (Å²) >= 11 is 0. The number of allylic oxidation sites excluding steroid dienone is 5. The molecule has 3 rings (SSSR count). The molecular formula is C26H25P. The van der Waals surface area contributed by atoms with Crippen molar-refractivity contribution in [1.29, 1.82) is 0 Å². The Bertz CT molecular complexity index is 970. The smallest absolute Gasteiger partial charge is 0.0184 e. The highest BCUT2D eigenvalue weighted by Gasteiger charge is 2.00. The van der Waals surface area contributed by atoms with Crippen LogP contribution in [0.1, 0.15) is 23.6 Å². The zero-order chi connectivity index (χ0) is 19.2. The molecule has 0 bridgehead atoms. The topological polar surface area (TPSA) is 0 Å². The maximum absolute atomic E-state index is 3.96. The lowest BCUT2D eigenvalue weighted by Crippen LogP contribution is -1.88. The molecule has 134 valence electrons. The summed E-state index contributed by atoms with van der Waals surface area (Å²) in [7, 11) is 2.72. The monoisotopic (exact) mass is 368 g/mol. The minimum Gasteiger partial charge on any atom is -0.106 e. The van der Waals surface area contributed by atoms with Gasteiger partial charge in [-0.2, -0.15) is 0 Å². The van der Waals surface area contributed by atoms with Crippen LogP contribution in [0.4, 0.5) is 0 Å². The van der Waals surface area contributed by atoms with Crippen LogP contribution in [0.15, 0.2) is 97.6 Å². The minimum atomic E-state index is 1.13. The van der Waals surface area contributed by atoms with Crippen LogP contribution in [-0.4, -0.2) is 0 Å². The molecule has 0 amide bonds. The van der Waals surface area contributed by atoms with Crippen LogP contribution in [0.25, 0.3) is 22.3 Å². The van der Waals surface area contributed by atoms with Crippen LogP contribution in [0.2, 0.25) is 0 Å². The van der Waals surface area contributed by atoms with Gasteiger partial charge < -0.3 is 0 Å². The lowest BCUT2D eigenvalue weighted by molar-refractivity contribution is 1.45. The van der Waals surface area contributed by atoms with Crippen molar-refractivity contribution in [2.45, 2.75) is 13.8 Å². The SMILES string of the molecule is C=C/C(=C\C=C(/C)c1ccc(-c2ccc(P)cc2)cc1)c1ccc(C)cc1. The van der Waals surface area contributed by atoms with Gasteiger partial charge >= 0.3 is 0 Å². The highest BCUT2D eigenvalue weighted by molar-refractivity contribution is 7.27. The van der Waals surface area contributed by atoms with Crippen molar-refractivity contribution >= 4 is 25.7 Å². The molecule has 3 aromatic carbocycles. The molecule has 0 aliphatic carbocycles. The summed E-state index contributed by atoms with van der Waals surface area (Å²) in [6.07, 6.45) is 6.21. The van der Waals surface area contributed by atoms with Crippen molar-refractivity contribution in [2.75, 3.05) is 0 Å². The first-order valence-corrected chi connectivity index (χ1v) is 9.69. The van der Waals surface area contributed by atoms with Gasteiger partial charge in [0.25, 0.3) is 0 Å². The van der Waals surface area contributed by atoms with Gasteiger partial charge in [0.05, 0.1) is 0 Å². The average Bonchev–Trinajstić information content (AvgIpc) is 2.70. The van der Waals surface area contributed by atoms with Crippen LogP contribution in [0.3, 0.4) is 0 Å². The Labute approximate surface area is 165 Å². The van der Waals surface area contributed by atoms with Gasteiger partial charge in [0.2, 0.25) is 0 Å².